The number of nitrogens with zero attached hydrogens (tertiary/aromatic N) is 2. The molecule has 1 N–H and O–H groups in total. The molecule has 5 nitrogen and oxygen atoms in total. The Bertz CT molecular complexity index is 325. The zero-order chi connectivity index (χ0) is 15.1. The fourth-order valence-corrected chi connectivity index (χ4v) is 3.43. The van der Waals surface area contributed by atoms with Crippen molar-refractivity contribution in [3.05, 3.63) is 0 Å². The van der Waals surface area contributed by atoms with Crippen molar-refractivity contribution in [2.24, 2.45) is 0 Å². The molecule has 21 heavy (non-hydrogen) atoms. The van der Waals surface area contributed by atoms with Crippen LogP contribution in [-0.2, 0) is 9.53 Å². The van der Waals surface area contributed by atoms with Gasteiger partial charge in [-0.15, -0.1) is 0 Å². The third-order valence-electron chi connectivity index (χ3n) is 4.57. The van der Waals surface area contributed by atoms with Gasteiger partial charge in [-0.1, -0.05) is 13.3 Å². The highest BCUT2D eigenvalue weighted by atomic mass is 16.5. The monoisotopic (exact) mass is 297 g/mol. The van der Waals surface area contributed by atoms with Gasteiger partial charge in [0.25, 0.3) is 0 Å². The number of esters is 1. The van der Waals surface area contributed by atoms with Gasteiger partial charge in [0.2, 0.25) is 0 Å². The molecule has 0 aromatic heterocycles. The van der Waals surface area contributed by atoms with Crippen molar-refractivity contribution >= 4 is 5.97 Å². The number of piperidine rings is 1. The van der Waals surface area contributed by atoms with Crippen molar-refractivity contribution < 1.29 is 9.53 Å². The molecule has 0 aromatic carbocycles. The third-order valence-corrected chi connectivity index (χ3v) is 4.57. The first-order chi connectivity index (χ1) is 10.2. The van der Waals surface area contributed by atoms with E-state index in [2.05, 4.69) is 22.0 Å². The van der Waals surface area contributed by atoms with Crippen LogP contribution in [0.1, 0.15) is 39.5 Å². The minimum absolute atomic E-state index is 0.1000. The number of hydrogen-bond donors (Lipinski definition) is 1. The van der Waals surface area contributed by atoms with E-state index < -0.39 is 0 Å². The molecular formula is C16H31N3O2. The minimum atomic E-state index is -0.181. The van der Waals surface area contributed by atoms with Crippen molar-refractivity contribution in [3.8, 4) is 0 Å². The fourth-order valence-electron chi connectivity index (χ4n) is 3.43. The maximum absolute atomic E-state index is 12.1. The number of nitrogens with one attached hydrogen (secondary N) is 1. The Morgan fingerprint density at radius 3 is 2.90 bits per heavy atom. The van der Waals surface area contributed by atoms with Crippen LogP contribution in [0.3, 0.4) is 0 Å². The Hall–Kier alpha value is -0.650. The topological polar surface area (TPSA) is 44.8 Å². The van der Waals surface area contributed by atoms with Crippen LogP contribution in [0.4, 0.5) is 0 Å². The van der Waals surface area contributed by atoms with Crippen molar-refractivity contribution in [2.75, 3.05) is 45.9 Å². The zero-order valence-electron chi connectivity index (χ0n) is 13.6. The fraction of sp³-hybridized carbons (Fsp3) is 0.938. The Kier molecular flexibility index (Phi) is 6.93. The average molecular weight is 297 g/mol. The molecule has 2 aliphatic heterocycles. The van der Waals surface area contributed by atoms with Crippen LogP contribution < -0.4 is 5.32 Å². The smallest absolute Gasteiger partial charge is 0.324 e. The third kappa shape index (κ3) is 4.94. The molecule has 0 spiro atoms. The molecule has 0 radical (unpaired) electrons. The second-order valence-electron chi connectivity index (χ2n) is 6.20. The van der Waals surface area contributed by atoms with Crippen molar-refractivity contribution in [3.63, 3.8) is 0 Å². The van der Waals surface area contributed by atoms with Crippen LogP contribution in [0.15, 0.2) is 0 Å². The van der Waals surface area contributed by atoms with E-state index in [1.807, 2.05) is 6.92 Å². The van der Waals surface area contributed by atoms with E-state index in [1.54, 1.807) is 0 Å². The van der Waals surface area contributed by atoms with Crippen molar-refractivity contribution in [1.82, 2.24) is 15.1 Å². The Morgan fingerprint density at radius 2 is 2.14 bits per heavy atom. The maximum Gasteiger partial charge on any atom is 0.324 e. The largest absolute Gasteiger partial charge is 0.465 e. The van der Waals surface area contributed by atoms with Gasteiger partial charge in [0, 0.05) is 32.2 Å². The molecule has 0 aliphatic carbocycles. The number of hydrogen-bond acceptors (Lipinski definition) is 5. The van der Waals surface area contributed by atoms with E-state index in [4.69, 9.17) is 4.74 Å². The number of fused-ring (bicyclic) bond motifs is 1. The molecule has 0 amide bonds. The normalized spacial score (nSPS) is 25.3. The molecule has 0 saturated carbocycles. The summed E-state index contributed by atoms with van der Waals surface area (Å²) in [5.74, 6) is -0.1000. The summed E-state index contributed by atoms with van der Waals surface area (Å²) in [4.78, 5) is 17.1. The lowest BCUT2D eigenvalue weighted by Gasteiger charge is -2.44. The van der Waals surface area contributed by atoms with E-state index >= 15 is 0 Å². The number of rotatable bonds is 7. The van der Waals surface area contributed by atoms with Gasteiger partial charge in [-0.3, -0.25) is 14.6 Å². The lowest BCUT2D eigenvalue weighted by molar-refractivity contribution is -0.146. The van der Waals surface area contributed by atoms with Gasteiger partial charge in [-0.05, 0) is 39.3 Å². The lowest BCUT2D eigenvalue weighted by Crippen LogP contribution is -2.58. The molecular weight excluding hydrogens is 266 g/mol. The van der Waals surface area contributed by atoms with E-state index in [9.17, 15) is 4.79 Å². The number of ether oxygens (including phenoxy) is 1. The first kappa shape index (κ1) is 16.7. The average Bonchev–Trinajstić information content (AvgIpc) is 2.51. The number of carbonyl (C=O) groups excluding carboxylic acids is 1. The predicted molar refractivity (Wildman–Crippen MR) is 84.4 cm³/mol. The predicted octanol–water partition coefficient (Wildman–Crippen LogP) is 1.09. The van der Waals surface area contributed by atoms with Gasteiger partial charge in [-0.2, -0.15) is 0 Å². The highest BCUT2D eigenvalue weighted by molar-refractivity contribution is 5.76. The first-order valence-electron chi connectivity index (χ1n) is 8.61. The van der Waals surface area contributed by atoms with Crippen LogP contribution in [0.25, 0.3) is 0 Å². The van der Waals surface area contributed by atoms with Gasteiger partial charge in [0.05, 0.1) is 6.61 Å². The van der Waals surface area contributed by atoms with Gasteiger partial charge in [0.1, 0.15) is 6.04 Å². The van der Waals surface area contributed by atoms with E-state index in [0.29, 0.717) is 12.6 Å². The van der Waals surface area contributed by atoms with Crippen LogP contribution >= 0.6 is 0 Å². The van der Waals surface area contributed by atoms with Gasteiger partial charge >= 0.3 is 5.97 Å². The first-order valence-corrected chi connectivity index (χ1v) is 8.61. The van der Waals surface area contributed by atoms with Crippen LogP contribution in [0, 0.1) is 0 Å². The molecule has 2 unspecified atom stereocenters. The Morgan fingerprint density at radius 1 is 1.29 bits per heavy atom. The van der Waals surface area contributed by atoms with E-state index in [-0.39, 0.29) is 12.0 Å². The number of piperazine rings is 1. The summed E-state index contributed by atoms with van der Waals surface area (Å²) in [6.45, 7) is 10.7. The van der Waals surface area contributed by atoms with Crippen LogP contribution in [0.5, 0.6) is 0 Å². The highest BCUT2D eigenvalue weighted by Gasteiger charge is 2.31. The minimum Gasteiger partial charge on any atom is -0.465 e. The molecule has 2 heterocycles. The molecule has 2 rings (SSSR count). The quantitative estimate of drug-likeness (QED) is 0.713. The molecule has 5 heteroatoms. The SMILES string of the molecule is CCCNC(CN1CCN2CCCCC2C1)C(=O)OCC. The summed E-state index contributed by atoms with van der Waals surface area (Å²) >= 11 is 0. The van der Waals surface area contributed by atoms with E-state index in [1.165, 1.54) is 25.8 Å². The van der Waals surface area contributed by atoms with Crippen LogP contribution in [0.2, 0.25) is 0 Å². The molecule has 2 atom stereocenters. The van der Waals surface area contributed by atoms with Gasteiger partial charge in [-0.25, -0.2) is 0 Å². The van der Waals surface area contributed by atoms with Gasteiger partial charge in [0.15, 0.2) is 0 Å². The second-order valence-corrected chi connectivity index (χ2v) is 6.20. The van der Waals surface area contributed by atoms with Crippen molar-refractivity contribution in [1.29, 1.82) is 0 Å². The van der Waals surface area contributed by atoms with E-state index in [0.717, 1.165) is 39.1 Å². The highest BCUT2D eigenvalue weighted by Crippen LogP contribution is 2.21. The van der Waals surface area contributed by atoms with Gasteiger partial charge < -0.3 is 10.1 Å². The summed E-state index contributed by atoms with van der Waals surface area (Å²) < 4.78 is 5.21. The summed E-state index contributed by atoms with van der Waals surface area (Å²) in [6.07, 6.45) is 5.04. The maximum atomic E-state index is 12.1. The van der Waals surface area contributed by atoms with Crippen LogP contribution in [-0.4, -0.2) is 73.7 Å². The molecule has 0 aromatic rings. The second kappa shape index (κ2) is 8.71. The summed E-state index contributed by atoms with van der Waals surface area (Å²) in [7, 11) is 0. The van der Waals surface area contributed by atoms with Crippen molar-refractivity contribution in [2.45, 2.75) is 51.6 Å². The summed E-state index contributed by atoms with van der Waals surface area (Å²) in [5.41, 5.74) is 0. The zero-order valence-corrected chi connectivity index (χ0v) is 13.6. The molecule has 0 bridgehead atoms. The standard InChI is InChI=1S/C16H31N3O2/c1-3-8-17-15(16(20)21-4-2)13-18-10-11-19-9-6-5-7-14(19)12-18/h14-15,17H,3-13H2,1-2H3. The summed E-state index contributed by atoms with van der Waals surface area (Å²) in [5, 5.41) is 3.34. The lowest BCUT2D eigenvalue weighted by atomic mass is 9.99. The molecule has 122 valence electrons. The molecule has 2 fully saturated rings. The Labute approximate surface area is 129 Å². The molecule has 2 saturated heterocycles. The molecule has 2 aliphatic rings. The Balaban J connectivity index is 1.85. The number of carbonyl (C=O) groups is 1. The summed E-state index contributed by atoms with van der Waals surface area (Å²) in [6, 6.07) is 0.515.